The highest BCUT2D eigenvalue weighted by Crippen LogP contribution is 2.26. The molecule has 100 valence electrons. The number of aryl methyl sites for hydroxylation is 2. The number of anilines is 1. The van der Waals surface area contributed by atoms with Crippen LogP contribution in [0, 0.1) is 13.8 Å². The molecule has 0 amide bonds. The van der Waals surface area contributed by atoms with Crippen molar-refractivity contribution < 1.29 is 8.42 Å². The van der Waals surface area contributed by atoms with Gasteiger partial charge >= 0.3 is 0 Å². The summed E-state index contributed by atoms with van der Waals surface area (Å²) in [5.74, 6) is 0. The number of aromatic nitrogens is 1. The number of hydrogen-bond acceptors (Lipinski definition) is 3. The summed E-state index contributed by atoms with van der Waals surface area (Å²) >= 11 is 5.90. The first-order chi connectivity index (χ1) is 8.92. The first-order valence-corrected chi connectivity index (χ1v) is 7.46. The highest BCUT2D eigenvalue weighted by Gasteiger charge is 2.19. The molecule has 2 aromatic rings. The molecular formula is C13H13ClN2O2S. The van der Waals surface area contributed by atoms with Gasteiger partial charge in [-0.3, -0.25) is 9.71 Å². The van der Waals surface area contributed by atoms with Gasteiger partial charge in [-0.2, -0.15) is 0 Å². The van der Waals surface area contributed by atoms with Gasteiger partial charge in [0.25, 0.3) is 10.0 Å². The Morgan fingerprint density at radius 2 is 1.79 bits per heavy atom. The minimum absolute atomic E-state index is 0.0284. The van der Waals surface area contributed by atoms with Crippen LogP contribution in [0.25, 0.3) is 0 Å². The molecule has 0 saturated heterocycles. The molecular weight excluding hydrogens is 284 g/mol. The Bertz CT molecular complexity index is 694. The Kier molecular flexibility index (Phi) is 3.78. The van der Waals surface area contributed by atoms with Crippen LogP contribution >= 0.6 is 11.6 Å². The minimum Gasteiger partial charge on any atom is -0.279 e. The Labute approximate surface area is 117 Å². The molecule has 0 saturated carbocycles. The van der Waals surface area contributed by atoms with Gasteiger partial charge in [-0.1, -0.05) is 29.8 Å². The second kappa shape index (κ2) is 5.19. The highest BCUT2D eigenvalue weighted by molar-refractivity contribution is 7.92. The van der Waals surface area contributed by atoms with E-state index < -0.39 is 10.0 Å². The van der Waals surface area contributed by atoms with E-state index in [1.807, 2.05) is 32.0 Å². The molecule has 1 aromatic carbocycles. The van der Waals surface area contributed by atoms with E-state index in [9.17, 15) is 8.42 Å². The summed E-state index contributed by atoms with van der Waals surface area (Å²) in [7, 11) is -3.73. The Balaban J connectivity index is 2.46. The van der Waals surface area contributed by atoms with Crippen molar-refractivity contribution in [2.75, 3.05) is 4.72 Å². The Hall–Kier alpha value is -1.59. The third-order valence-corrected chi connectivity index (χ3v) is 4.56. The minimum atomic E-state index is -3.73. The third-order valence-electron chi connectivity index (χ3n) is 2.74. The molecule has 6 heteroatoms. The second-order valence-electron chi connectivity index (χ2n) is 4.18. The predicted molar refractivity (Wildman–Crippen MR) is 76.0 cm³/mol. The maximum absolute atomic E-state index is 12.3. The molecule has 0 radical (unpaired) electrons. The van der Waals surface area contributed by atoms with E-state index in [4.69, 9.17) is 11.6 Å². The SMILES string of the molecule is Cc1cccc(C)c1NS(=O)(=O)c1cnccc1Cl. The average molecular weight is 297 g/mol. The third kappa shape index (κ3) is 2.88. The fourth-order valence-electron chi connectivity index (χ4n) is 1.73. The molecule has 0 aliphatic carbocycles. The van der Waals surface area contributed by atoms with E-state index in [-0.39, 0.29) is 9.92 Å². The van der Waals surface area contributed by atoms with Crippen LogP contribution in [0.4, 0.5) is 5.69 Å². The van der Waals surface area contributed by atoms with Gasteiger partial charge in [0.15, 0.2) is 0 Å². The van der Waals surface area contributed by atoms with Crippen LogP contribution in [0.5, 0.6) is 0 Å². The van der Waals surface area contributed by atoms with Crippen LogP contribution in [0.1, 0.15) is 11.1 Å². The van der Waals surface area contributed by atoms with Gasteiger partial charge in [-0.15, -0.1) is 0 Å². The average Bonchev–Trinajstić information content (AvgIpc) is 2.34. The molecule has 1 N–H and O–H groups in total. The molecule has 0 fully saturated rings. The lowest BCUT2D eigenvalue weighted by molar-refractivity contribution is 0.601. The topological polar surface area (TPSA) is 59.1 Å². The van der Waals surface area contributed by atoms with Crippen molar-refractivity contribution in [3.63, 3.8) is 0 Å². The fraction of sp³-hybridized carbons (Fsp3) is 0.154. The van der Waals surface area contributed by atoms with Crippen molar-refractivity contribution >= 4 is 27.3 Å². The number of halogens is 1. The number of benzene rings is 1. The van der Waals surface area contributed by atoms with Gasteiger partial charge in [0.1, 0.15) is 4.90 Å². The summed E-state index contributed by atoms with van der Waals surface area (Å²) < 4.78 is 27.1. The summed E-state index contributed by atoms with van der Waals surface area (Å²) in [5.41, 5.74) is 2.27. The molecule has 0 aliphatic heterocycles. The van der Waals surface area contributed by atoms with Gasteiger partial charge in [-0.05, 0) is 31.0 Å². The van der Waals surface area contributed by atoms with Crippen molar-refractivity contribution in [2.24, 2.45) is 0 Å². The maximum atomic E-state index is 12.3. The molecule has 2 rings (SSSR count). The van der Waals surface area contributed by atoms with Crippen molar-refractivity contribution in [1.29, 1.82) is 0 Å². The van der Waals surface area contributed by atoms with E-state index in [1.54, 1.807) is 0 Å². The van der Waals surface area contributed by atoms with Crippen LogP contribution in [-0.2, 0) is 10.0 Å². The number of hydrogen-bond donors (Lipinski definition) is 1. The largest absolute Gasteiger partial charge is 0.279 e. The number of para-hydroxylation sites is 1. The van der Waals surface area contributed by atoms with Gasteiger partial charge in [0, 0.05) is 12.4 Å². The fourth-order valence-corrected chi connectivity index (χ4v) is 3.36. The van der Waals surface area contributed by atoms with Crippen LogP contribution in [0.15, 0.2) is 41.6 Å². The van der Waals surface area contributed by atoms with Crippen LogP contribution in [-0.4, -0.2) is 13.4 Å². The van der Waals surface area contributed by atoms with Crippen molar-refractivity contribution in [1.82, 2.24) is 4.98 Å². The van der Waals surface area contributed by atoms with Crippen LogP contribution in [0.3, 0.4) is 0 Å². The molecule has 0 spiro atoms. The summed E-state index contributed by atoms with van der Waals surface area (Å²) in [6.07, 6.45) is 2.68. The van der Waals surface area contributed by atoms with Crippen molar-refractivity contribution in [3.8, 4) is 0 Å². The number of nitrogens with one attached hydrogen (secondary N) is 1. The lowest BCUT2D eigenvalue weighted by atomic mass is 10.1. The van der Waals surface area contributed by atoms with Gasteiger partial charge in [0.05, 0.1) is 10.7 Å². The molecule has 4 nitrogen and oxygen atoms in total. The molecule has 1 heterocycles. The van der Waals surface area contributed by atoms with E-state index in [2.05, 4.69) is 9.71 Å². The molecule has 19 heavy (non-hydrogen) atoms. The molecule has 0 bridgehead atoms. The normalized spacial score (nSPS) is 11.3. The zero-order valence-electron chi connectivity index (χ0n) is 10.5. The zero-order chi connectivity index (χ0) is 14.0. The number of nitrogens with zero attached hydrogens (tertiary/aromatic N) is 1. The Morgan fingerprint density at radius 3 is 2.37 bits per heavy atom. The molecule has 0 atom stereocenters. The number of pyridine rings is 1. The molecule has 0 aliphatic rings. The molecule has 1 aromatic heterocycles. The maximum Gasteiger partial charge on any atom is 0.264 e. The van der Waals surface area contributed by atoms with Crippen LogP contribution < -0.4 is 4.72 Å². The quantitative estimate of drug-likeness (QED) is 0.946. The Morgan fingerprint density at radius 1 is 1.16 bits per heavy atom. The van der Waals surface area contributed by atoms with Gasteiger partial charge in [-0.25, -0.2) is 8.42 Å². The van der Waals surface area contributed by atoms with Crippen molar-refractivity contribution in [2.45, 2.75) is 18.7 Å². The van der Waals surface area contributed by atoms with E-state index in [1.165, 1.54) is 18.5 Å². The lowest BCUT2D eigenvalue weighted by Gasteiger charge is -2.13. The predicted octanol–water partition coefficient (Wildman–Crippen LogP) is 3.15. The van der Waals surface area contributed by atoms with Gasteiger partial charge in [0.2, 0.25) is 0 Å². The standard InChI is InChI=1S/C13H13ClN2O2S/c1-9-4-3-5-10(2)13(9)16-19(17,18)12-8-15-7-6-11(12)14/h3-8,16H,1-2H3. The summed E-state index contributed by atoms with van der Waals surface area (Å²) in [6.45, 7) is 3.69. The lowest BCUT2D eigenvalue weighted by Crippen LogP contribution is -2.15. The summed E-state index contributed by atoms with van der Waals surface area (Å²) in [5, 5.41) is 0.147. The molecule has 0 unspecified atom stereocenters. The monoisotopic (exact) mass is 296 g/mol. The first-order valence-electron chi connectivity index (χ1n) is 5.60. The van der Waals surface area contributed by atoms with E-state index in [0.717, 1.165) is 11.1 Å². The first kappa shape index (κ1) is 13.8. The van der Waals surface area contributed by atoms with E-state index in [0.29, 0.717) is 5.69 Å². The highest BCUT2D eigenvalue weighted by atomic mass is 35.5. The summed E-state index contributed by atoms with van der Waals surface area (Å²) in [4.78, 5) is 3.77. The summed E-state index contributed by atoms with van der Waals surface area (Å²) in [6, 6.07) is 7.01. The van der Waals surface area contributed by atoms with Gasteiger partial charge < -0.3 is 0 Å². The van der Waals surface area contributed by atoms with Crippen molar-refractivity contribution in [3.05, 3.63) is 52.8 Å². The second-order valence-corrected chi connectivity index (χ2v) is 6.24. The van der Waals surface area contributed by atoms with E-state index >= 15 is 0 Å². The number of sulfonamides is 1. The van der Waals surface area contributed by atoms with Crippen LogP contribution in [0.2, 0.25) is 5.02 Å². The smallest absolute Gasteiger partial charge is 0.264 e. The number of rotatable bonds is 3. The zero-order valence-corrected chi connectivity index (χ0v) is 12.1.